The number of allylic oxidation sites excluding steroid dienone is 2. The molecule has 1 aromatic carbocycles. The van der Waals surface area contributed by atoms with Crippen LogP contribution in [0.3, 0.4) is 0 Å². The molecule has 0 bridgehead atoms. The number of aromatic hydroxyl groups is 1. The molecule has 2 N–H and O–H groups in total. The van der Waals surface area contributed by atoms with Gasteiger partial charge in [-0.25, -0.2) is 4.79 Å². The first-order valence-electron chi connectivity index (χ1n) is 9.60. The number of ether oxygens (including phenoxy) is 3. The summed E-state index contributed by atoms with van der Waals surface area (Å²) in [4.78, 5) is 25.7. The SMILES string of the molecule is CCCC1=CC2=C(CO1)C(=O)[C@@](C)(O)[C@@H](OC(=O)c1c(C)cc(O)cc1OC)C2. The van der Waals surface area contributed by atoms with Gasteiger partial charge in [0.15, 0.2) is 11.4 Å². The molecule has 1 aliphatic heterocycles. The lowest BCUT2D eigenvalue weighted by atomic mass is 9.77. The summed E-state index contributed by atoms with van der Waals surface area (Å²) in [5.41, 5.74) is -0.123. The van der Waals surface area contributed by atoms with E-state index in [9.17, 15) is 19.8 Å². The number of phenols is 1. The van der Waals surface area contributed by atoms with Crippen LogP contribution in [0.2, 0.25) is 0 Å². The van der Waals surface area contributed by atoms with Gasteiger partial charge in [0.25, 0.3) is 0 Å². The summed E-state index contributed by atoms with van der Waals surface area (Å²) < 4.78 is 16.4. The van der Waals surface area contributed by atoms with Crippen LogP contribution in [0.5, 0.6) is 11.5 Å². The third-order valence-corrected chi connectivity index (χ3v) is 5.34. The Morgan fingerprint density at radius 2 is 2.10 bits per heavy atom. The molecule has 0 unspecified atom stereocenters. The summed E-state index contributed by atoms with van der Waals surface area (Å²) in [7, 11) is 1.38. The van der Waals surface area contributed by atoms with Gasteiger partial charge in [-0.15, -0.1) is 0 Å². The second kappa shape index (κ2) is 7.91. The van der Waals surface area contributed by atoms with Gasteiger partial charge < -0.3 is 24.4 Å². The van der Waals surface area contributed by atoms with Crippen LogP contribution in [0.4, 0.5) is 0 Å². The summed E-state index contributed by atoms with van der Waals surface area (Å²) in [5.74, 6) is -0.336. The van der Waals surface area contributed by atoms with Crippen molar-refractivity contribution in [2.45, 2.75) is 51.7 Å². The first-order valence-corrected chi connectivity index (χ1v) is 9.60. The second-order valence-corrected chi connectivity index (χ2v) is 7.57. The van der Waals surface area contributed by atoms with Crippen LogP contribution in [-0.2, 0) is 14.3 Å². The van der Waals surface area contributed by atoms with Crippen molar-refractivity contribution in [3.05, 3.63) is 46.2 Å². The normalized spacial score (nSPS) is 23.8. The molecule has 0 amide bonds. The standard InChI is InChI=1S/C22H26O7/c1-5-6-15-8-13-9-18(22(3,26)20(24)16(13)11-28-15)29-21(25)19-12(2)7-14(23)10-17(19)27-4/h7-8,10,18,23,26H,5-6,9,11H2,1-4H3/t18-,22-/m0/s1. The maximum atomic E-state index is 12.9. The quantitative estimate of drug-likeness (QED) is 0.730. The molecule has 0 saturated heterocycles. The van der Waals surface area contributed by atoms with Gasteiger partial charge in [-0.05, 0) is 43.5 Å². The summed E-state index contributed by atoms with van der Waals surface area (Å²) in [6.07, 6.45) is 2.60. The molecule has 3 rings (SSSR count). The van der Waals surface area contributed by atoms with E-state index < -0.39 is 23.5 Å². The van der Waals surface area contributed by atoms with Crippen LogP contribution < -0.4 is 4.74 Å². The number of benzene rings is 1. The maximum absolute atomic E-state index is 12.9. The Labute approximate surface area is 169 Å². The molecule has 156 valence electrons. The Morgan fingerprint density at radius 3 is 2.76 bits per heavy atom. The zero-order chi connectivity index (χ0) is 21.3. The average molecular weight is 402 g/mol. The number of phenolic OH excluding ortho intramolecular Hbond substituents is 1. The van der Waals surface area contributed by atoms with Gasteiger partial charge in [-0.3, -0.25) is 4.79 Å². The van der Waals surface area contributed by atoms with Gasteiger partial charge in [0.05, 0.1) is 12.9 Å². The van der Waals surface area contributed by atoms with E-state index in [4.69, 9.17) is 14.2 Å². The van der Waals surface area contributed by atoms with E-state index in [2.05, 4.69) is 0 Å². The fraction of sp³-hybridized carbons (Fsp3) is 0.455. The molecule has 0 saturated carbocycles. The Hall–Kier alpha value is -2.80. The predicted octanol–water partition coefficient (Wildman–Crippen LogP) is 2.97. The molecule has 1 aliphatic carbocycles. The predicted molar refractivity (Wildman–Crippen MR) is 105 cm³/mol. The minimum Gasteiger partial charge on any atom is -0.508 e. The fourth-order valence-electron chi connectivity index (χ4n) is 3.72. The highest BCUT2D eigenvalue weighted by molar-refractivity contribution is 6.05. The zero-order valence-corrected chi connectivity index (χ0v) is 17.1. The number of hydrogen-bond donors (Lipinski definition) is 2. The molecule has 1 heterocycles. The van der Waals surface area contributed by atoms with E-state index in [1.807, 2.05) is 13.0 Å². The highest BCUT2D eigenvalue weighted by Gasteiger charge is 2.48. The number of methoxy groups -OCH3 is 1. The highest BCUT2D eigenvalue weighted by atomic mass is 16.6. The number of Topliss-reactive ketones (excluding diaryl/α,β-unsaturated/α-hetero) is 1. The number of ketones is 1. The minimum atomic E-state index is -1.87. The van der Waals surface area contributed by atoms with Crippen molar-refractivity contribution in [2.24, 2.45) is 0 Å². The van der Waals surface area contributed by atoms with Gasteiger partial charge in [0.2, 0.25) is 0 Å². The van der Waals surface area contributed by atoms with Crippen LogP contribution in [0.15, 0.2) is 35.1 Å². The van der Waals surface area contributed by atoms with Gasteiger partial charge in [-0.2, -0.15) is 0 Å². The lowest BCUT2D eigenvalue weighted by Crippen LogP contribution is -2.53. The van der Waals surface area contributed by atoms with Crippen LogP contribution in [0, 0.1) is 6.92 Å². The van der Waals surface area contributed by atoms with E-state index in [0.29, 0.717) is 11.1 Å². The first-order chi connectivity index (χ1) is 13.7. The van der Waals surface area contributed by atoms with E-state index in [1.165, 1.54) is 26.2 Å². The third kappa shape index (κ3) is 3.87. The highest BCUT2D eigenvalue weighted by Crippen LogP contribution is 2.37. The first kappa shape index (κ1) is 20.9. The van der Waals surface area contributed by atoms with Gasteiger partial charge >= 0.3 is 5.97 Å². The molecule has 0 spiro atoms. The Balaban J connectivity index is 1.91. The zero-order valence-electron chi connectivity index (χ0n) is 17.1. The van der Waals surface area contributed by atoms with Crippen LogP contribution in [0.25, 0.3) is 0 Å². The van der Waals surface area contributed by atoms with Gasteiger partial charge in [0.1, 0.15) is 29.8 Å². The maximum Gasteiger partial charge on any atom is 0.342 e. The molecule has 0 radical (unpaired) electrons. The minimum absolute atomic E-state index is 0.0404. The fourth-order valence-corrected chi connectivity index (χ4v) is 3.72. The van der Waals surface area contributed by atoms with E-state index >= 15 is 0 Å². The van der Waals surface area contributed by atoms with Crippen LogP contribution in [0.1, 0.15) is 49.0 Å². The number of aliphatic hydroxyl groups is 1. The molecule has 2 atom stereocenters. The summed E-state index contributed by atoms with van der Waals surface area (Å²) >= 11 is 0. The molecular weight excluding hydrogens is 376 g/mol. The van der Waals surface area contributed by atoms with Crippen LogP contribution >= 0.6 is 0 Å². The number of hydrogen-bond acceptors (Lipinski definition) is 7. The Kier molecular flexibility index (Phi) is 5.71. The molecule has 7 nitrogen and oxygen atoms in total. The molecule has 1 aromatic rings. The molecule has 0 fully saturated rings. The number of carbonyl (C=O) groups excluding carboxylic acids is 2. The monoisotopic (exact) mass is 402 g/mol. The number of esters is 1. The average Bonchev–Trinajstić information content (AvgIpc) is 2.65. The largest absolute Gasteiger partial charge is 0.508 e. The lowest BCUT2D eigenvalue weighted by Gasteiger charge is -2.38. The number of rotatable bonds is 5. The Morgan fingerprint density at radius 1 is 1.38 bits per heavy atom. The van der Waals surface area contributed by atoms with E-state index in [-0.39, 0.29) is 30.1 Å². The summed E-state index contributed by atoms with van der Waals surface area (Å²) in [6.45, 7) is 5.13. The molecular formula is C22H26O7. The topological polar surface area (TPSA) is 102 Å². The van der Waals surface area contributed by atoms with Crippen molar-refractivity contribution in [2.75, 3.05) is 13.7 Å². The molecule has 29 heavy (non-hydrogen) atoms. The number of carbonyl (C=O) groups is 2. The molecule has 0 aromatic heterocycles. The van der Waals surface area contributed by atoms with Crippen molar-refractivity contribution in [3.63, 3.8) is 0 Å². The van der Waals surface area contributed by atoms with Gasteiger partial charge in [-0.1, -0.05) is 6.92 Å². The van der Waals surface area contributed by atoms with Crippen molar-refractivity contribution in [1.29, 1.82) is 0 Å². The van der Waals surface area contributed by atoms with Crippen molar-refractivity contribution in [1.82, 2.24) is 0 Å². The van der Waals surface area contributed by atoms with Crippen molar-refractivity contribution in [3.8, 4) is 11.5 Å². The Bertz CT molecular complexity index is 908. The lowest BCUT2D eigenvalue weighted by molar-refractivity contribution is -0.146. The van der Waals surface area contributed by atoms with Crippen LogP contribution in [-0.4, -0.2) is 47.4 Å². The third-order valence-electron chi connectivity index (χ3n) is 5.34. The number of aryl methyl sites for hydroxylation is 1. The van der Waals surface area contributed by atoms with Crippen molar-refractivity contribution >= 4 is 11.8 Å². The van der Waals surface area contributed by atoms with Crippen molar-refractivity contribution < 1.29 is 34.0 Å². The molecule has 7 heteroatoms. The van der Waals surface area contributed by atoms with E-state index in [0.717, 1.165) is 24.2 Å². The van der Waals surface area contributed by atoms with Gasteiger partial charge in [0, 0.05) is 24.5 Å². The van der Waals surface area contributed by atoms with E-state index in [1.54, 1.807) is 6.92 Å². The second-order valence-electron chi connectivity index (χ2n) is 7.57. The smallest absolute Gasteiger partial charge is 0.342 e. The summed E-state index contributed by atoms with van der Waals surface area (Å²) in [5, 5.41) is 20.6. The molecule has 2 aliphatic rings. The summed E-state index contributed by atoms with van der Waals surface area (Å²) in [6, 6.07) is 2.73.